The van der Waals surface area contributed by atoms with Gasteiger partial charge >= 0.3 is 0 Å². The summed E-state index contributed by atoms with van der Waals surface area (Å²) in [7, 11) is 6.37. The molecule has 2 nitrogen and oxygen atoms in total. The summed E-state index contributed by atoms with van der Waals surface area (Å²) in [5.41, 5.74) is 5.35. The van der Waals surface area contributed by atoms with E-state index in [1.165, 1.54) is 5.56 Å². The molecule has 1 unspecified atom stereocenters. The number of hydrogen-bond acceptors (Lipinski definition) is 2. The second-order valence-corrected chi connectivity index (χ2v) is 6.81. The average Bonchev–Trinajstić information content (AvgIpc) is 2.70. The van der Waals surface area contributed by atoms with Gasteiger partial charge in [-0.15, -0.1) is 0 Å². The molecule has 1 fully saturated rings. The Hall–Kier alpha value is -1.58. The van der Waals surface area contributed by atoms with Crippen LogP contribution in [0.25, 0.3) is 11.5 Å². The summed E-state index contributed by atoms with van der Waals surface area (Å²) in [5.74, 6) is 0.849. The number of pyridine rings is 1. The smallest absolute Gasteiger partial charge is 0.114 e. The minimum Gasteiger partial charge on any atom is -0.317 e. The van der Waals surface area contributed by atoms with E-state index in [0.29, 0.717) is 5.92 Å². The molecule has 2 heterocycles. The molecular weight excluding hydrogens is 302 g/mol. The van der Waals surface area contributed by atoms with Crippen LogP contribution >= 0.6 is 11.6 Å². The molecule has 2 aromatic rings. The van der Waals surface area contributed by atoms with Crippen LogP contribution in [-0.4, -0.2) is 25.9 Å². The van der Waals surface area contributed by atoms with Crippen molar-refractivity contribution in [2.75, 3.05) is 13.1 Å². The fourth-order valence-corrected chi connectivity index (χ4v) is 4.09. The van der Waals surface area contributed by atoms with Crippen LogP contribution in [0.3, 0.4) is 0 Å². The lowest BCUT2D eigenvalue weighted by Crippen LogP contribution is -2.32. The molecule has 1 atom stereocenters. The Morgan fingerprint density at radius 1 is 1.17 bits per heavy atom. The minimum atomic E-state index is 0.276. The monoisotopic (exact) mass is 320 g/mol. The van der Waals surface area contributed by atoms with Crippen molar-refractivity contribution in [1.82, 2.24) is 10.3 Å². The zero-order chi connectivity index (χ0) is 15.8. The number of hydrogen-bond donors (Lipinski definition) is 1. The van der Waals surface area contributed by atoms with E-state index in [1.807, 2.05) is 30.5 Å². The van der Waals surface area contributed by atoms with Crippen molar-refractivity contribution in [2.45, 2.75) is 18.8 Å². The second kappa shape index (κ2) is 6.14. The molecule has 23 heavy (non-hydrogen) atoms. The van der Waals surface area contributed by atoms with E-state index in [4.69, 9.17) is 24.4 Å². The standard InChI is InChI=1S/C19H18BClN2/c20-17-11-13-10-14(21)3-4-15(13)18(12-5-8-22-9-6-12)19-16(17)2-1-7-23-19/h1-4,7,10-12,18,22H,5-6,8-9H2. The highest BCUT2D eigenvalue weighted by Crippen LogP contribution is 2.43. The third-order valence-electron chi connectivity index (χ3n) is 4.99. The number of aromatic nitrogens is 1. The SMILES string of the molecule is [B]C1=Cc2cc(Cl)ccc2C(C2CCNCC2)c2ncccc21. The van der Waals surface area contributed by atoms with Gasteiger partial charge in [-0.2, -0.15) is 0 Å². The molecular formula is C19H18BClN2. The van der Waals surface area contributed by atoms with Crippen molar-refractivity contribution < 1.29 is 0 Å². The van der Waals surface area contributed by atoms with E-state index in [9.17, 15) is 0 Å². The van der Waals surface area contributed by atoms with Crippen LogP contribution in [-0.2, 0) is 0 Å². The summed E-state index contributed by atoms with van der Waals surface area (Å²) in [4.78, 5) is 4.73. The summed E-state index contributed by atoms with van der Waals surface area (Å²) in [6, 6.07) is 10.2. The Labute approximate surface area is 143 Å². The van der Waals surface area contributed by atoms with E-state index < -0.39 is 0 Å². The van der Waals surface area contributed by atoms with Gasteiger partial charge in [0.1, 0.15) is 7.85 Å². The van der Waals surface area contributed by atoms with Gasteiger partial charge in [0.2, 0.25) is 0 Å². The van der Waals surface area contributed by atoms with E-state index in [1.54, 1.807) is 0 Å². The zero-order valence-corrected chi connectivity index (χ0v) is 13.7. The van der Waals surface area contributed by atoms with Crippen molar-refractivity contribution in [2.24, 2.45) is 5.92 Å². The molecule has 2 radical (unpaired) electrons. The first-order valence-corrected chi connectivity index (χ1v) is 8.54. The van der Waals surface area contributed by atoms with Gasteiger partial charge in [0.05, 0.1) is 5.69 Å². The quantitative estimate of drug-likeness (QED) is 0.807. The van der Waals surface area contributed by atoms with E-state index in [-0.39, 0.29) is 5.92 Å². The Morgan fingerprint density at radius 3 is 2.83 bits per heavy atom. The summed E-state index contributed by atoms with van der Waals surface area (Å²) in [6.07, 6.45) is 6.23. The fourth-order valence-electron chi connectivity index (χ4n) is 3.91. The maximum absolute atomic E-state index is 6.37. The first-order valence-electron chi connectivity index (χ1n) is 8.16. The van der Waals surface area contributed by atoms with Crippen molar-refractivity contribution >= 4 is 31.0 Å². The topological polar surface area (TPSA) is 24.9 Å². The first-order chi connectivity index (χ1) is 11.2. The van der Waals surface area contributed by atoms with Crippen LogP contribution in [0.5, 0.6) is 0 Å². The van der Waals surface area contributed by atoms with Crippen molar-refractivity contribution in [1.29, 1.82) is 0 Å². The number of rotatable bonds is 1. The molecule has 0 spiro atoms. The number of fused-ring (bicyclic) bond motifs is 2. The Bertz CT molecular complexity index is 766. The largest absolute Gasteiger partial charge is 0.317 e. The lowest BCUT2D eigenvalue weighted by atomic mass is 9.76. The molecule has 1 saturated heterocycles. The molecule has 114 valence electrons. The van der Waals surface area contributed by atoms with Crippen molar-refractivity contribution in [3.63, 3.8) is 0 Å². The Morgan fingerprint density at radius 2 is 2.00 bits per heavy atom. The highest BCUT2D eigenvalue weighted by atomic mass is 35.5. The second-order valence-electron chi connectivity index (χ2n) is 6.37. The maximum atomic E-state index is 6.37. The van der Waals surface area contributed by atoms with Gasteiger partial charge in [-0.25, -0.2) is 0 Å². The van der Waals surface area contributed by atoms with Crippen LogP contribution < -0.4 is 5.32 Å². The molecule has 0 saturated carbocycles. The first kappa shape index (κ1) is 15.0. The average molecular weight is 321 g/mol. The summed E-state index contributed by atoms with van der Waals surface area (Å²) >= 11 is 6.23. The van der Waals surface area contributed by atoms with Crippen molar-refractivity contribution in [3.8, 4) is 0 Å². The van der Waals surface area contributed by atoms with Gasteiger partial charge in [-0.05, 0) is 66.7 Å². The lowest BCUT2D eigenvalue weighted by Gasteiger charge is -2.32. The molecule has 1 N–H and O–H groups in total. The third kappa shape index (κ3) is 2.73. The molecule has 4 rings (SSSR count). The molecule has 1 aliphatic heterocycles. The highest BCUT2D eigenvalue weighted by Gasteiger charge is 2.32. The predicted octanol–water partition coefficient (Wildman–Crippen LogP) is 3.85. The van der Waals surface area contributed by atoms with Gasteiger partial charge in [0.15, 0.2) is 0 Å². The van der Waals surface area contributed by atoms with Crippen LogP contribution in [0.4, 0.5) is 0 Å². The molecule has 1 aromatic carbocycles. The number of nitrogens with zero attached hydrogens (tertiary/aromatic N) is 1. The Kier molecular flexibility index (Phi) is 4.00. The Balaban J connectivity index is 1.93. The number of halogens is 1. The van der Waals surface area contributed by atoms with Crippen LogP contribution in [0, 0.1) is 5.92 Å². The molecule has 4 heteroatoms. The number of piperidine rings is 1. The molecule has 1 aliphatic carbocycles. The van der Waals surface area contributed by atoms with E-state index in [0.717, 1.165) is 53.2 Å². The fraction of sp³-hybridized carbons (Fsp3) is 0.316. The van der Waals surface area contributed by atoms with Crippen molar-refractivity contribution in [3.05, 3.63) is 63.9 Å². The highest BCUT2D eigenvalue weighted by molar-refractivity contribution is 6.45. The minimum absolute atomic E-state index is 0.276. The zero-order valence-electron chi connectivity index (χ0n) is 12.9. The predicted molar refractivity (Wildman–Crippen MR) is 96.8 cm³/mol. The van der Waals surface area contributed by atoms with E-state index in [2.05, 4.69) is 17.4 Å². The summed E-state index contributed by atoms with van der Waals surface area (Å²) in [6.45, 7) is 2.13. The van der Waals surface area contributed by atoms with Gasteiger partial charge < -0.3 is 5.32 Å². The van der Waals surface area contributed by atoms with Gasteiger partial charge in [-0.1, -0.05) is 35.3 Å². The number of benzene rings is 1. The van der Waals surface area contributed by atoms with E-state index >= 15 is 0 Å². The maximum Gasteiger partial charge on any atom is 0.114 e. The molecule has 2 aliphatic rings. The van der Waals surface area contributed by atoms with Crippen LogP contribution in [0.2, 0.25) is 5.02 Å². The third-order valence-corrected chi connectivity index (χ3v) is 5.23. The van der Waals surface area contributed by atoms with Gasteiger partial charge in [0, 0.05) is 17.1 Å². The summed E-state index contributed by atoms with van der Waals surface area (Å²) < 4.78 is 0. The molecule has 0 amide bonds. The van der Waals surface area contributed by atoms with Crippen LogP contribution in [0.1, 0.15) is 41.1 Å². The normalized spacial score (nSPS) is 21.1. The lowest BCUT2D eigenvalue weighted by molar-refractivity contribution is 0.339. The van der Waals surface area contributed by atoms with Gasteiger partial charge in [0.25, 0.3) is 0 Å². The number of nitrogens with one attached hydrogen (secondary N) is 1. The molecule has 1 aromatic heterocycles. The van der Waals surface area contributed by atoms with Crippen LogP contribution in [0.15, 0.2) is 36.5 Å². The van der Waals surface area contributed by atoms with Gasteiger partial charge in [-0.3, -0.25) is 4.98 Å². The molecule has 0 bridgehead atoms. The summed E-state index contributed by atoms with van der Waals surface area (Å²) in [5, 5.41) is 4.20.